The summed E-state index contributed by atoms with van der Waals surface area (Å²) < 4.78 is 19.0. The SMILES string of the molecule is CCNC(=NCC1(O)CCC1)N(C)CCOc1ccccc1F.I. The molecule has 0 radical (unpaired) electrons. The van der Waals surface area contributed by atoms with Gasteiger partial charge in [0, 0.05) is 13.6 Å². The van der Waals surface area contributed by atoms with Crippen molar-refractivity contribution in [2.24, 2.45) is 4.99 Å². The number of benzene rings is 1. The van der Waals surface area contributed by atoms with E-state index in [2.05, 4.69) is 10.3 Å². The highest BCUT2D eigenvalue weighted by atomic mass is 127. The molecule has 1 saturated carbocycles. The first kappa shape index (κ1) is 21.0. The molecule has 0 amide bonds. The van der Waals surface area contributed by atoms with Gasteiger partial charge < -0.3 is 20.1 Å². The molecule has 0 bridgehead atoms. The van der Waals surface area contributed by atoms with Crippen LogP contribution in [0.4, 0.5) is 4.39 Å². The number of hydrogen-bond donors (Lipinski definition) is 2. The predicted molar refractivity (Wildman–Crippen MR) is 105 cm³/mol. The molecule has 1 aliphatic rings. The molecular formula is C17H27FIN3O2. The standard InChI is InChI=1S/C17H26FN3O2.HI/c1-3-19-16(20-13-17(22)9-6-10-17)21(2)11-12-23-15-8-5-4-7-14(15)18;/h4-5,7-8,22H,3,6,9-13H2,1-2H3,(H,19,20);1H. The quantitative estimate of drug-likeness (QED) is 0.380. The molecule has 0 spiro atoms. The van der Waals surface area contributed by atoms with Crippen molar-refractivity contribution in [1.29, 1.82) is 0 Å². The number of guanidine groups is 1. The molecule has 0 heterocycles. The number of ether oxygens (including phenoxy) is 1. The largest absolute Gasteiger partial charge is 0.489 e. The smallest absolute Gasteiger partial charge is 0.193 e. The Labute approximate surface area is 160 Å². The van der Waals surface area contributed by atoms with Crippen LogP contribution in [0, 0.1) is 5.82 Å². The molecule has 1 aromatic rings. The van der Waals surface area contributed by atoms with Crippen LogP contribution in [-0.4, -0.2) is 54.9 Å². The summed E-state index contributed by atoms with van der Waals surface area (Å²) >= 11 is 0. The third kappa shape index (κ3) is 6.08. The van der Waals surface area contributed by atoms with E-state index in [4.69, 9.17) is 4.74 Å². The van der Waals surface area contributed by atoms with E-state index < -0.39 is 5.60 Å². The molecule has 5 nitrogen and oxygen atoms in total. The fraction of sp³-hybridized carbons (Fsp3) is 0.588. The van der Waals surface area contributed by atoms with Crippen molar-refractivity contribution >= 4 is 29.9 Å². The Morgan fingerprint density at radius 1 is 1.42 bits per heavy atom. The second-order valence-electron chi connectivity index (χ2n) is 5.95. The molecule has 7 heteroatoms. The van der Waals surface area contributed by atoms with Gasteiger partial charge >= 0.3 is 0 Å². The van der Waals surface area contributed by atoms with Gasteiger partial charge in [-0.1, -0.05) is 12.1 Å². The highest BCUT2D eigenvalue weighted by Gasteiger charge is 2.34. The predicted octanol–water partition coefficient (Wildman–Crippen LogP) is 2.63. The van der Waals surface area contributed by atoms with Gasteiger partial charge in [-0.05, 0) is 38.3 Å². The number of halogens is 2. The van der Waals surface area contributed by atoms with Gasteiger partial charge in [-0.2, -0.15) is 0 Å². The second kappa shape index (κ2) is 10.0. The average molecular weight is 451 g/mol. The first-order valence-corrected chi connectivity index (χ1v) is 8.13. The summed E-state index contributed by atoms with van der Waals surface area (Å²) in [6.07, 6.45) is 2.70. The van der Waals surface area contributed by atoms with Crippen LogP contribution in [0.5, 0.6) is 5.75 Å². The van der Waals surface area contributed by atoms with Crippen molar-refractivity contribution in [1.82, 2.24) is 10.2 Å². The van der Waals surface area contributed by atoms with Crippen molar-refractivity contribution in [3.05, 3.63) is 30.1 Å². The normalized spacial score (nSPS) is 15.9. The molecule has 0 aromatic heterocycles. The maximum absolute atomic E-state index is 13.5. The van der Waals surface area contributed by atoms with E-state index in [1.54, 1.807) is 18.2 Å². The molecule has 0 aliphatic heterocycles. The minimum atomic E-state index is -0.634. The van der Waals surface area contributed by atoms with Crippen LogP contribution in [0.2, 0.25) is 0 Å². The van der Waals surface area contributed by atoms with Crippen molar-refractivity contribution < 1.29 is 14.2 Å². The van der Waals surface area contributed by atoms with E-state index in [-0.39, 0.29) is 35.5 Å². The molecule has 1 aliphatic carbocycles. The summed E-state index contributed by atoms with van der Waals surface area (Å²) in [6, 6.07) is 6.37. The zero-order valence-corrected chi connectivity index (χ0v) is 16.6. The average Bonchev–Trinajstić information content (AvgIpc) is 2.51. The zero-order chi connectivity index (χ0) is 16.7. The molecule has 136 valence electrons. The molecule has 0 atom stereocenters. The minimum Gasteiger partial charge on any atom is -0.489 e. The molecule has 1 fully saturated rings. The topological polar surface area (TPSA) is 57.1 Å². The first-order valence-electron chi connectivity index (χ1n) is 8.13. The summed E-state index contributed by atoms with van der Waals surface area (Å²) in [5, 5.41) is 13.3. The van der Waals surface area contributed by atoms with Crippen LogP contribution in [0.1, 0.15) is 26.2 Å². The highest BCUT2D eigenvalue weighted by molar-refractivity contribution is 14.0. The number of hydrogen-bond acceptors (Lipinski definition) is 3. The van der Waals surface area contributed by atoms with Crippen molar-refractivity contribution in [3.8, 4) is 5.75 Å². The lowest BCUT2D eigenvalue weighted by molar-refractivity contribution is -0.0237. The molecule has 2 rings (SSSR count). The lowest BCUT2D eigenvalue weighted by Crippen LogP contribution is -2.44. The summed E-state index contributed by atoms with van der Waals surface area (Å²) in [7, 11) is 1.90. The molecule has 1 aromatic carbocycles. The number of rotatable bonds is 7. The van der Waals surface area contributed by atoms with Gasteiger partial charge in [0.1, 0.15) is 6.61 Å². The number of para-hydroxylation sites is 1. The van der Waals surface area contributed by atoms with Crippen LogP contribution < -0.4 is 10.1 Å². The fourth-order valence-corrected chi connectivity index (χ4v) is 2.39. The number of nitrogens with one attached hydrogen (secondary N) is 1. The van der Waals surface area contributed by atoms with Gasteiger partial charge in [0.05, 0.1) is 18.7 Å². The van der Waals surface area contributed by atoms with E-state index in [1.807, 2.05) is 18.9 Å². The Morgan fingerprint density at radius 2 is 2.12 bits per heavy atom. The van der Waals surface area contributed by atoms with Crippen LogP contribution in [0.25, 0.3) is 0 Å². The molecule has 2 N–H and O–H groups in total. The lowest BCUT2D eigenvalue weighted by atomic mass is 9.80. The van der Waals surface area contributed by atoms with Crippen molar-refractivity contribution in [2.75, 3.05) is 33.3 Å². The number of aliphatic imine (C=N–C) groups is 1. The second-order valence-corrected chi connectivity index (χ2v) is 5.95. The summed E-state index contributed by atoms with van der Waals surface area (Å²) in [4.78, 5) is 6.43. The Kier molecular flexibility index (Phi) is 8.75. The Bertz CT molecular complexity index is 538. The maximum Gasteiger partial charge on any atom is 0.193 e. The maximum atomic E-state index is 13.5. The number of aliphatic hydroxyl groups is 1. The number of nitrogens with zero attached hydrogens (tertiary/aromatic N) is 2. The third-order valence-electron chi connectivity index (χ3n) is 4.02. The molecule has 24 heavy (non-hydrogen) atoms. The van der Waals surface area contributed by atoms with Gasteiger partial charge in [-0.25, -0.2) is 4.39 Å². The lowest BCUT2D eigenvalue weighted by Gasteiger charge is -2.35. The van der Waals surface area contributed by atoms with Gasteiger partial charge in [0.2, 0.25) is 0 Å². The molecular weight excluding hydrogens is 424 g/mol. The van der Waals surface area contributed by atoms with Crippen molar-refractivity contribution in [3.63, 3.8) is 0 Å². The van der Waals surface area contributed by atoms with Gasteiger partial charge in [0.25, 0.3) is 0 Å². The van der Waals surface area contributed by atoms with Crippen LogP contribution in [0.15, 0.2) is 29.3 Å². The van der Waals surface area contributed by atoms with Gasteiger partial charge in [0.15, 0.2) is 17.5 Å². The van der Waals surface area contributed by atoms with Gasteiger partial charge in [-0.3, -0.25) is 4.99 Å². The fourth-order valence-electron chi connectivity index (χ4n) is 2.39. The molecule has 0 saturated heterocycles. The van der Waals surface area contributed by atoms with E-state index in [0.717, 1.165) is 31.8 Å². The minimum absolute atomic E-state index is 0. The Morgan fingerprint density at radius 3 is 2.71 bits per heavy atom. The van der Waals surface area contributed by atoms with Crippen LogP contribution >= 0.6 is 24.0 Å². The number of likely N-dealkylation sites (N-methyl/N-ethyl adjacent to an activating group) is 1. The summed E-state index contributed by atoms with van der Waals surface area (Å²) in [5.41, 5.74) is -0.634. The third-order valence-corrected chi connectivity index (χ3v) is 4.02. The van der Waals surface area contributed by atoms with E-state index in [1.165, 1.54) is 6.07 Å². The summed E-state index contributed by atoms with van der Waals surface area (Å²) in [6.45, 7) is 4.07. The van der Waals surface area contributed by atoms with Crippen LogP contribution in [0.3, 0.4) is 0 Å². The molecule has 0 unspecified atom stereocenters. The van der Waals surface area contributed by atoms with Gasteiger partial charge in [-0.15, -0.1) is 24.0 Å². The highest BCUT2D eigenvalue weighted by Crippen LogP contribution is 2.31. The monoisotopic (exact) mass is 451 g/mol. The zero-order valence-electron chi connectivity index (χ0n) is 14.3. The summed E-state index contributed by atoms with van der Waals surface area (Å²) in [5.74, 6) is 0.625. The Hall–Kier alpha value is -1.09. The van der Waals surface area contributed by atoms with Crippen LogP contribution in [-0.2, 0) is 0 Å². The van der Waals surface area contributed by atoms with E-state index in [9.17, 15) is 9.50 Å². The van der Waals surface area contributed by atoms with Crippen molar-refractivity contribution in [2.45, 2.75) is 31.8 Å². The van der Waals surface area contributed by atoms with E-state index >= 15 is 0 Å². The Balaban J connectivity index is 0.00000288. The first-order chi connectivity index (χ1) is 11.0. The van der Waals surface area contributed by atoms with E-state index in [0.29, 0.717) is 19.7 Å².